The van der Waals surface area contributed by atoms with E-state index in [1.807, 2.05) is 24.3 Å². The van der Waals surface area contributed by atoms with Gasteiger partial charge in [0.25, 0.3) is 0 Å². The van der Waals surface area contributed by atoms with Crippen LogP contribution in [0.15, 0.2) is 53.1 Å². The highest BCUT2D eigenvalue weighted by molar-refractivity contribution is 14.1. The molecule has 0 saturated carbocycles. The third-order valence-corrected chi connectivity index (χ3v) is 4.46. The molecule has 0 unspecified atom stereocenters. The molecule has 0 saturated heterocycles. The first-order valence-corrected chi connectivity index (χ1v) is 9.20. The fourth-order valence-corrected chi connectivity index (χ4v) is 2.75. The third kappa shape index (κ3) is 4.91. The van der Waals surface area contributed by atoms with Gasteiger partial charge in [-0.3, -0.25) is 4.79 Å². The maximum absolute atomic E-state index is 12.2. The molecule has 3 aromatic rings. The number of aromatic nitrogens is 2. The SMILES string of the molecule is COC(=O)c1ccccc1NC(=O)CCc1nc(-c2ccc(I)cc2)no1. The quantitative estimate of drug-likeness (QED) is 0.430. The topological polar surface area (TPSA) is 94.3 Å². The molecule has 1 aromatic heterocycles. The van der Waals surface area contributed by atoms with Crippen molar-refractivity contribution >= 4 is 40.2 Å². The van der Waals surface area contributed by atoms with Crippen molar-refractivity contribution in [1.82, 2.24) is 10.1 Å². The van der Waals surface area contributed by atoms with E-state index in [9.17, 15) is 9.59 Å². The lowest BCUT2D eigenvalue weighted by molar-refractivity contribution is -0.116. The first kappa shape index (κ1) is 19.0. The zero-order chi connectivity index (χ0) is 19.2. The summed E-state index contributed by atoms with van der Waals surface area (Å²) in [4.78, 5) is 28.3. The fraction of sp³-hybridized carbons (Fsp3) is 0.158. The Hall–Kier alpha value is -2.75. The summed E-state index contributed by atoms with van der Waals surface area (Å²) < 4.78 is 11.0. The Kier molecular flexibility index (Phi) is 6.17. The normalized spacial score (nSPS) is 10.4. The van der Waals surface area contributed by atoms with Crippen molar-refractivity contribution in [3.63, 3.8) is 0 Å². The highest BCUT2D eigenvalue weighted by Crippen LogP contribution is 2.19. The summed E-state index contributed by atoms with van der Waals surface area (Å²) in [7, 11) is 1.29. The second-order valence-electron chi connectivity index (χ2n) is 5.60. The van der Waals surface area contributed by atoms with Gasteiger partial charge in [-0.05, 0) is 46.9 Å². The predicted molar refractivity (Wildman–Crippen MR) is 107 cm³/mol. The number of carbonyl (C=O) groups is 2. The summed E-state index contributed by atoms with van der Waals surface area (Å²) in [5.74, 6) is 0.0862. The number of carbonyl (C=O) groups excluding carboxylic acids is 2. The lowest BCUT2D eigenvalue weighted by atomic mass is 10.1. The van der Waals surface area contributed by atoms with Gasteiger partial charge in [0.2, 0.25) is 17.6 Å². The first-order valence-electron chi connectivity index (χ1n) is 8.12. The molecule has 8 heteroatoms. The van der Waals surface area contributed by atoms with Gasteiger partial charge in [-0.15, -0.1) is 0 Å². The minimum atomic E-state index is -0.509. The van der Waals surface area contributed by atoms with Crippen molar-refractivity contribution in [2.75, 3.05) is 12.4 Å². The Bertz CT molecular complexity index is 954. The van der Waals surface area contributed by atoms with Crippen LogP contribution in [0.3, 0.4) is 0 Å². The molecule has 0 aliphatic rings. The second-order valence-corrected chi connectivity index (χ2v) is 6.85. The molecule has 0 spiro atoms. The predicted octanol–water partition coefficient (Wildman–Crippen LogP) is 3.70. The number of amides is 1. The molecule has 3 rings (SSSR count). The smallest absolute Gasteiger partial charge is 0.339 e. The van der Waals surface area contributed by atoms with E-state index in [0.29, 0.717) is 29.4 Å². The van der Waals surface area contributed by atoms with E-state index in [-0.39, 0.29) is 12.3 Å². The number of nitrogens with zero attached hydrogens (tertiary/aromatic N) is 2. The minimum absolute atomic E-state index is 0.143. The van der Waals surface area contributed by atoms with Crippen LogP contribution in [0.2, 0.25) is 0 Å². The number of aryl methyl sites for hydroxylation is 1. The van der Waals surface area contributed by atoms with Crippen LogP contribution in [0.25, 0.3) is 11.4 Å². The van der Waals surface area contributed by atoms with Crippen molar-refractivity contribution in [3.8, 4) is 11.4 Å². The van der Waals surface area contributed by atoms with Gasteiger partial charge in [0, 0.05) is 22.0 Å². The van der Waals surface area contributed by atoms with E-state index in [4.69, 9.17) is 9.26 Å². The Labute approximate surface area is 169 Å². The van der Waals surface area contributed by atoms with Gasteiger partial charge in [-0.2, -0.15) is 4.98 Å². The number of nitrogens with one attached hydrogen (secondary N) is 1. The Balaban J connectivity index is 1.60. The van der Waals surface area contributed by atoms with Crippen LogP contribution in [0.5, 0.6) is 0 Å². The molecule has 1 N–H and O–H groups in total. The molecule has 0 aliphatic carbocycles. The zero-order valence-corrected chi connectivity index (χ0v) is 16.6. The number of methoxy groups -OCH3 is 1. The van der Waals surface area contributed by atoms with Crippen LogP contribution in [0.1, 0.15) is 22.7 Å². The van der Waals surface area contributed by atoms with Gasteiger partial charge in [0.05, 0.1) is 18.4 Å². The maximum Gasteiger partial charge on any atom is 0.339 e. The molecule has 2 aromatic carbocycles. The van der Waals surface area contributed by atoms with Gasteiger partial charge >= 0.3 is 5.97 Å². The number of para-hydroxylation sites is 1. The second kappa shape index (κ2) is 8.76. The van der Waals surface area contributed by atoms with Crippen molar-refractivity contribution in [2.24, 2.45) is 0 Å². The summed E-state index contributed by atoms with van der Waals surface area (Å²) in [5, 5.41) is 6.66. The van der Waals surface area contributed by atoms with E-state index in [2.05, 4.69) is 38.0 Å². The Morgan fingerprint density at radius 1 is 1.15 bits per heavy atom. The molecule has 0 aliphatic heterocycles. The van der Waals surface area contributed by atoms with E-state index >= 15 is 0 Å². The van der Waals surface area contributed by atoms with E-state index in [1.54, 1.807) is 24.3 Å². The number of esters is 1. The van der Waals surface area contributed by atoms with Gasteiger partial charge in [-0.1, -0.05) is 29.4 Å². The summed E-state index contributed by atoms with van der Waals surface area (Å²) in [5.41, 5.74) is 1.55. The molecule has 27 heavy (non-hydrogen) atoms. The molecular weight excluding hydrogens is 461 g/mol. The third-order valence-electron chi connectivity index (χ3n) is 3.74. The number of hydrogen-bond acceptors (Lipinski definition) is 6. The molecule has 0 atom stereocenters. The average Bonchev–Trinajstić information content (AvgIpc) is 3.16. The molecule has 1 amide bonds. The molecular formula is C19H16IN3O4. The summed E-state index contributed by atoms with van der Waals surface area (Å²) in [6.45, 7) is 0. The molecule has 7 nitrogen and oxygen atoms in total. The number of halogens is 1. The van der Waals surface area contributed by atoms with Crippen LogP contribution in [0.4, 0.5) is 5.69 Å². The van der Waals surface area contributed by atoms with Crippen LogP contribution >= 0.6 is 22.6 Å². The maximum atomic E-state index is 12.2. The average molecular weight is 477 g/mol. The minimum Gasteiger partial charge on any atom is -0.465 e. The molecule has 0 fully saturated rings. The van der Waals surface area contributed by atoms with E-state index in [0.717, 1.165) is 9.13 Å². The van der Waals surface area contributed by atoms with Crippen LogP contribution in [-0.4, -0.2) is 29.1 Å². The Morgan fingerprint density at radius 3 is 2.63 bits per heavy atom. The zero-order valence-electron chi connectivity index (χ0n) is 14.4. The first-order chi connectivity index (χ1) is 13.1. The summed E-state index contributed by atoms with van der Waals surface area (Å²) >= 11 is 2.22. The lowest BCUT2D eigenvalue weighted by Gasteiger charge is -2.08. The lowest BCUT2D eigenvalue weighted by Crippen LogP contribution is -2.15. The van der Waals surface area contributed by atoms with Crippen molar-refractivity contribution in [3.05, 3.63) is 63.6 Å². The van der Waals surface area contributed by atoms with Crippen molar-refractivity contribution in [2.45, 2.75) is 12.8 Å². The van der Waals surface area contributed by atoms with Gasteiger partial charge in [-0.25, -0.2) is 4.79 Å². The van der Waals surface area contributed by atoms with Crippen LogP contribution < -0.4 is 5.32 Å². The van der Waals surface area contributed by atoms with Crippen LogP contribution in [0, 0.1) is 3.57 Å². The number of rotatable bonds is 6. The number of ether oxygens (including phenoxy) is 1. The van der Waals surface area contributed by atoms with Crippen LogP contribution in [-0.2, 0) is 16.0 Å². The summed E-state index contributed by atoms with van der Waals surface area (Å²) in [6.07, 6.45) is 0.438. The van der Waals surface area contributed by atoms with E-state index in [1.165, 1.54) is 7.11 Å². The monoisotopic (exact) mass is 477 g/mol. The highest BCUT2D eigenvalue weighted by atomic mass is 127. The number of anilines is 1. The standard InChI is InChI=1S/C19H16IN3O4/c1-26-19(25)14-4-2-3-5-15(14)21-16(24)10-11-17-22-18(23-27-17)12-6-8-13(20)9-7-12/h2-9H,10-11H2,1H3,(H,21,24). The highest BCUT2D eigenvalue weighted by Gasteiger charge is 2.15. The number of benzene rings is 2. The van der Waals surface area contributed by atoms with Crippen molar-refractivity contribution in [1.29, 1.82) is 0 Å². The van der Waals surface area contributed by atoms with Crippen molar-refractivity contribution < 1.29 is 18.8 Å². The number of hydrogen-bond donors (Lipinski definition) is 1. The Morgan fingerprint density at radius 2 is 1.89 bits per heavy atom. The van der Waals surface area contributed by atoms with Gasteiger partial charge in [0.15, 0.2) is 0 Å². The summed E-state index contributed by atoms with van der Waals surface area (Å²) in [6, 6.07) is 14.4. The molecule has 138 valence electrons. The molecule has 0 radical (unpaired) electrons. The molecule has 1 heterocycles. The van der Waals surface area contributed by atoms with Gasteiger partial charge < -0.3 is 14.6 Å². The fourth-order valence-electron chi connectivity index (χ4n) is 2.39. The largest absolute Gasteiger partial charge is 0.465 e. The molecule has 0 bridgehead atoms. The van der Waals surface area contributed by atoms with Gasteiger partial charge in [0.1, 0.15) is 0 Å². The van der Waals surface area contributed by atoms with E-state index < -0.39 is 5.97 Å².